The molecule has 0 aliphatic heterocycles. The van der Waals surface area contributed by atoms with Crippen LogP contribution < -0.4 is 0 Å². The van der Waals surface area contributed by atoms with Gasteiger partial charge in [-0.2, -0.15) is 0 Å². The summed E-state index contributed by atoms with van der Waals surface area (Å²) in [6.07, 6.45) is 2.86. The van der Waals surface area contributed by atoms with E-state index in [1.165, 1.54) is 18.4 Å². The molecule has 82 valence electrons. The first-order valence-corrected chi connectivity index (χ1v) is 5.54. The molecule has 0 amide bonds. The normalized spacial score (nSPS) is 24.9. The van der Waals surface area contributed by atoms with Crippen LogP contribution in [-0.4, -0.2) is 19.8 Å². The van der Waals surface area contributed by atoms with Crippen molar-refractivity contribution in [2.24, 2.45) is 5.92 Å². The summed E-state index contributed by atoms with van der Waals surface area (Å²) in [4.78, 5) is 0. The Kier molecular flexibility index (Phi) is 3.75. The van der Waals surface area contributed by atoms with Crippen LogP contribution in [0.1, 0.15) is 18.4 Å². The quantitative estimate of drug-likeness (QED) is 0.737. The second-order valence-corrected chi connectivity index (χ2v) is 4.11. The summed E-state index contributed by atoms with van der Waals surface area (Å²) in [6, 6.07) is 10.3. The summed E-state index contributed by atoms with van der Waals surface area (Å²) in [5, 5.41) is 0. The van der Waals surface area contributed by atoms with Crippen molar-refractivity contribution in [3.63, 3.8) is 0 Å². The van der Waals surface area contributed by atoms with Gasteiger partial charge in [-0.1, -0.05) is 30.3 Å². The van der Waals surface area contributed by atoms with Gasteiger partial charge in [0.15, 0.2) is 0 Å². The van der Waals surface area contributed by atoms with Gasteiger partial charge < -0.3 is 9.47 Å². The van der Waals surface area contributed by atoms with Gasteiger partial charge in [-0.05, 0) is 18.4 Å². The largest absolute Gasteiger partial charge is 0.381 e. The third-order valence-electron chi connectivity index (χ3n) is 3.09. The van der Waals surface area contributed by atoms with Crippen LogP contribution in [0.15, 0.2) is 30.3 Å². The maximum Gasteiger partial charge on any atom is 0.0717 e. The molecular weight excluding hydrogens is 188 g/mol. The van der Waals surface area contributed by atoms with Gasteiger partial charge in [0.05, 0.1) is 19.3 Å². The Labute approximate surface area is 91.2 Å². The summed E-state index contributed by atoms with van der Waals surface area (Å²) >= 11 is 0. The number of rotatable bonds is 5. The van der Waals surface area contributed by atoms with E-state index in [2.05, 4.69) is 12.1 Å². The van der Waals surface area contributed by atoms with Crippen LogP contribution in [0.4, 0.5) is 0 Å². The van der Waals surface area contributed by atoms with Crippen molar-refractivity contribution in [2.45, 2.75) is 25.6 Å². The van der Waals surface area contributed by atoms with Gasteiger partial charge in [0.1, 0.15) is 0 Å². The van der Waals surface area contributed by atoms with E-state index in [-0.39, 0.29) is 0 Å². The topological polar surface area (TPSA) is 18.5 Å². The van der Waals surface area contributed by atoms with E-state index in [1.807, 2.05) is 18.2 Å². The molecule has 0 radical (unpaired) electrons. The molecule has 0 spiro atoms. The van der Waals surface area contributed by atoms with E-state index in [0.29, 0.717) is 18.6 Å². The predicted octanol–water partition coefficient (Wildman–Crippen LogP) is 2.63. The first-order valence-electron chi connectivity index (χ1n) is 5.54. The number of hydrogen-bond acceptors (Lipinski definition) is 2. The Bertz CT molecular complexity index is 282. The number of hydrogen-bond donors (Lipinski definition) is 0. The lowest BCUT2D eigenvalue weighted by atomic mass is 9.82. The molecule has 0 heterocycles. The first kappa shape index (κ1) is 10.7. The highest BCUT2D eigenvalue weighted by molar-refractivity contribution is 5.13. The molecule has 1 aliphatic carbocycles. The van der Waals surface area contributed by atoms with Crippen LogP contribution in [0, 0.1) is 5.92 Å². The van der Waals surface area contributed by atoms with Crippen LogP contribution in [0.3, 0.4) is 0 Å². The summed E-state index contributed by atoms with van der Waals surface area (Å²) < 4.78 is 11.0. The average molecular weight is 206 g/mol. The molecule has 1 saturated carbocycles. The van der Waals surface area contributed by atoms with Crippen LogP contribution in [0.25, 0.3) is 0 Å². The van der Waals surface area contributed by atoms with Crippen molar-refractivity contribution in [1.82, 2.24) is 0 Å². The van der Waals surface area contributed by atoms with E-state index < -0.39 is 0 Å². The zero-order chi connectivity index (χ0) is 10.5. The highest BCUT2D eigenvalue weighted by Crippen LogP contribution is 2.30. The SMILES string of the molecule is COC1CCC1COCc1ccccc1. The fraction of sp³-hybridized carbons (Fsp3) is 0.538. The highest BCUT2D eigenvalue weighted by Gasteiger charge is 2.30. The van der Waals surface area contributed by atoms with Gasteiger partial charge >= 0.3 is 0 Å². The van der Waals surface area contributed by atoms with Gasteiger partial charge in [-0.25, -0.2) is 0 Å². The van der Waals surface area contributed by atoms with Crippen LogP contribution in [0.5, 0.6) is 0 Å². The van der Waals surface area contributed by atoms with Gasteiger partial charge in [0.25, 0.3) is 0 Å². The lowest BCUT2D eigenvalue weighted by molar-refractivity contribution is -0.0590. The molecule has 0 N–H and O–H groups in total. The van der Waals surface area contributed by atoms with Crippen molar-refractivity contribution >= 4 is 0 Å². The zero-order valence-corrected chi connectivity index (χ0v) is 9.19. The number of methoxy groups -OCH3 is 1. The molecule has 2 nitrogen and oxygen atoms in total. The molecule has 2 rings (SSSR count). The Morgan fingerprint density at radius 1 is 1.20 bits per heavy atom. The van der Waals surface area contributed by atoms with Gasteiger partial charge in [-0.3, -0.25) is 0 Å². The maximum absolute atomic E-state index is 5.68. The zero-order valence-electron chi connectivity index (χ0n) is 9.19. The Balaban J connectivity index is 1.67. The van der Waals surface area contributed by atoms with E-state index >= 15 is 0 Å². The summed E-state index contributed by atoms with van der Waals surface area (Å²) in [7, 11) is 1.79. The van der Waals surface area contributed by atoms with Crippen LogP contribution in [-0.2, 0) is 16.1 Å². The second-order valence-electron chi connectivity index (χ2n) is 4.11. The molecule has 1 aromatic rings. The molecular formula is C13H18O2. The standard InChI is InChI=1S/C13H18O2/c1-14-13-8-7-12(13)10-15-9-11-5-3-2-4-6-11/h2-6,12-13H,7-10H2,1H3. The van der Waals surface area contributed by atoms with Crippen molar-refractivity contribution < 1.29 is 9.47 Å². The Morgan fingerprint density at radius 2 is 2.00 bits per heavy atom. The maximum atomic E-state index is 5.68. The van der Waals surface area contributed by atoms with Crippen LogP contribution in [0.2, 0.25) is 0 Å². The van der Waals surface area contributed by atoms with Crippen molar-refractivity contribution in [3.05, 3.63) is 35.9 Å². The number of ether oxygens (including phenoxy) is 2. The second kappa shape index (κ2) is 5.29. The fourth-order valence-electron chi connectivity index (χ4n) is 1.94. The van der Waals surface area contributed by atoms with E-state index in [0.717, 1.165) is 6.61 Å². The number of benzene rings is 1. The fourth-order valence-corrected chi connectivity index (χ4v) is 1.94. The van der Waals surface area contributed by atoms with Gasteiger partial charge in [-0.15, -0.1) is 0 Å². The van der Waals surface area contributed by atoms with Crippen LogP contribution >= 0.6 is 0 Å². The molecule has 1 fully saturated rings. The minimum absolute atomic E-state index is 0.431. The predicted molar refractivity (Wildman–Crippen MR) is 59.6 cm³/mol. The third kappa shape index (κ3) is 2.80. The molecule has 2 unspecified atom stereocenters. The lowest BCUT2D eigenvalue weighted by Crippen LogP contribution is -2.36. The highest BCUT2D eigenvalue weighted by atomic mass is 16.5. The minimum atomic E-state index is 0.431. The monoisotopic (exact) mass is 206 g/mol. The summed E-state index contributed by atoms with van der Waals surface area (Å²) in [5.41, 5.74) is 1.24. The smallest absolute Gasteiger partial charge is 0.0717 e. The molecule has 1 aliphatic rings. The first-order chi connectivity index (χ1) is 7.40. The molecule has 0 bridgehead atoms. The average Bonchev–Trinajstić information content (AvgIpc) is 2.25. The third-order valence-corrected chi connectivity index (χ3v) is 3.09. The molecule has 0 aromatic heterocycles. The van der Waals surface area contributed by atoms with Crippen molar-refractivity contribution in [1.29, 1.82) is 0 Å². The Morgan fingerprint density at radius 3 is 2.60 bits per heavy atom. The Hall–Kier alpha value is -0.860. The molecule has 1 aromatic carbocycles. The summed E-state index contributed by atoms with van der Waals surface area (Å²) in [5.74, 6) is 0.610. The molecule has 0 saturated heterocycles. The minimum Gasteiger partial charge on any atom is -0.381 e. The van der Waals surface area contributed by atoms with Gasteiger partial charge in [0.2, 0.25) is 0 Å². The van der Waals surface area contributed by atoms with E-state index in [1.54, 1.807) is 7.11 Å². The molecule has 15 heavy (non-hydrogen) atoms. The van der Waals surface area contributed by atoms with E-state index in [4.69, 9.17) is 9.47 Å². The van der Waals surface area contributed by atoms with Crippen molar-refractivity contribution in [2.75, 3.05) is 13.7 Å². The lowest BCUT2D eigenvalue weighted by Gasteiger charge is -2.34. The molecule has 2 atom stereocenters. The van der Waals surface area contributed by atoms with E-state index in [9.17, 15) is 0 Å². The molecule has 2 heteroatoms. The van der Waals surface area contributed by atoms with Crippen molar-refractivity contribution in [3.8, 4) is 0 Å². The van der Waals surface area contributed by atoms with Gasteiger partial charge in [0, 0.05) is 13.0 Å². The summed E-state index contributed by atoms with van der Waals surface area (Å²) in [6.45, 7) is 1.54.